The molecule has 6 nitrogen and oxygen atoms in total. The fraction of sp³-hybridized carbons (Fsp3) is 0.214. The summed E-state index contributed by atoms with van der Waals surface area (Å²) in [5, 5.41) is 8.85. The van der Waals surface area contributed by atoms with Gasteiger partial charge in [-0.3, -0.25) is 4.79 Å². The molecule has 20 heavy (non-hydrogen) atoms. The van der Waals surface area contributed by atoms with Crippen molar-refractivity contribution in [2.24, 2.45) is 0 Å². The number of rotatable bonds is 5. The van der Waals surface area contributed by atoms with E-state index in [0.717, 1.165) is 18.1 Å². The van der Waals surface area contributed by atoms with Gasteiger partial charge in [-0.05, 0) is 18.1 Å². The van der Waals surface area contributed by atoms with Gasteiger partial charge in [-0.2, -0.15) is 0 Å². The van der Waals surface area contributed by atoms with Crippen LogP contribution in [0.2, 0.25) is 0 Å². The molecule has 0 saturated heterocycles. The number of aromatic nitrogens is 2. The maximum atomic E-state index is 11.3. The lowest BCUT2D eigenvalue weighted by molar-refractivity contribution is 0.0689. The van der Waals surface area contributed by atoms with Crippen molar-refractivity contribution in [3.8, 4) is 5.75 Å². The number of hydrogen-bond acceptors (Lipinski definition) is 4. The van der Waals surface area contributed by atoms with E-state index in [4.69, 9.17) is 9.84 Å². The predicted octanol–water partition coefficient (Wildman–Crippen LogP) is 1.61. The van der Waals surface area contributed by atoms with Gasteiger partial charge in [-0.25, -0.2) is 9.78 Å². The number of H-pyrrole nitrogens is 1. The van der Waals surface area contributed by atoms with Gasteiger partial charge >= 0.3 is 5.97 Å². The van der Waals surface area contributed by atoms with Crippen LogP contribution in [-0.2, 0) is 13.0 Å². The highest BCUT2D eigenvalue weighted by atomic mass is 16.5. The Morgan fingerprint density at radius 1 is 1.40 bits per heavy atom. The highest BCUT2D eigenvalue weighted by molar-refractivity contribution is 5.85. The summed E-state index contributed by atoms with van der Waals surface area (Å²) in [6, 6.07) is 8.46. The molecule has 2 aromatic rings. The van der Waals surface area contributed by atoms with E-state index in [0.29, 0.717) is 5.75 Å². The van der Waals surface area contributed by atoms with Gasteiger partial charge in [0.2, 0.25) is 0 Å². The molecule has 0 aliphatic heterocycles. The fourth-order valence-corrected chi connectivity index (χ4v) is 1.77. The minimum absolute atomic E-state index is 0.00731. The summed E-state index contributed by atoms with van der Waals surface area (Å²) in [4.78, 5) is 28.4. The first-order valence-corrected chi connectivity index (χ1v) is 6.14. The summed E-state index contributed by atoms with van der Waals surface area (Å²) >= 11 is 0. The summed E-state index contributed by atoms with van der Waals surface area (Å²) in [6.45, 7) is 2.01. The first kappa shape index (κ1) is 13.8. The van der Waals surface area contributed by atoms with E-state index in [1.54, 1.807) is 0 Å². The minimum atomic E-state index is -1.24. The van der Waals surface area contributed by atoms with Crippen molar-refractivity contribution in [3.05, 3.63) is 57.8 Å². The maximum Gasteiger partial charge on any atom is 0.354 e. The molecular formula is C14H14N2O4. The van der Waals surface area contributed by atoms with Gasteiger partial charge in [0.25, 0.3) is 5.56 Å². The average molecular weight is 274 g/mol. The third kappa shape index (κ3) is 3.23. The van der Waals surface area contributed by atoms with Crippen LogP contribution in [-0.4, -0.2) is 21.0 Å². The number of aryl methyl sites for hydroxylation is 1. The largest absolute Gasteiger partial charge is 0.485 e. The van der Waals surface area contributed by atoms with Crippen LogP contribution >= 0.6 is 0 Å². The van der Waals surface area contributed by atoms with Crippen molar-refractivity contribution >= 4 is 5.97 Å². The van der Waals surface area contributed by atoms with Gasteiger partial charge in [-0.15, -0.1) is 0 Å². The molecule has 0 fully saturated rings. The second-order valence-corrected chi connectivity index (χ2v) is 4.13. The molecule has 2 rings (SSSR count). The molecule has 104 valence electrons. The number of benzene rings is 1. The molecule has 0 amide bonds. The first-order valence-electron chi connectivity index (χ1n) is 6.14. The van der Waals surface area contributed by atoms with Crippen LogP contribution in [0.4, 0.5) is 0 Å². The van der Waals surface area contributed by atoms with Gasteiger partial charge in [0.05, 0.1) is 0 Å². The van der Waals surface area contributed by atoms with E-state index in [2.05, 4.69) is 9.97 Å². The third-order valence-corrected chi connectivity index (χ3v) is 2.73. The van der Waals surface area contributed by atoms with Gasteiger partial charge in [0, 0.05) is 6.07 Å². The number of carboxylic acids is 1. The molecule has 0 bridgehead atoms. The number of aromatic amines is 1. The van der Waals surface area contributed by atoms with Crippen LogP contribution in [0, 0.1) is 0 Å². The van der Waals surface area contributed by atoms with Crippen molar-refractivity contribution in [1.29, 1.82) is 0 Å². The van der Waals surface area contributed by atoms with Crippen LogP contribution in [0.25, 0.3) is 0 Å². The zero-order chi connectivity index (χ0) is 14.5. The van der Waals surface area contributed by atoms with Crippen LogP contribution in [0.3, 0.4) is 0 Å². The lowest BCUT2D eigenvalue weighted by Gasteiger charge is -2.09. The second kappa shape index (κ2) is 6.01. The van der Waals surface area contributed by atoms with E-state index in [9.17, 15) is 9.59 Å². The Balaban J connectivity index is 2.19. The van der Waals surface area contributed by atoms with E-state index in [-0.39, 0.29) is 18.1 Å². The molecule has 0 saturated carbocycles. The molecule has 0 radical (unpaired) electrons. The van der Waals surface area contributed by atoms with E-state index in [1.165, 1.54) is 0 Å². The normalized spacial score (nSPS) is 10.2. The van der Waals surface area contributed by atoms with Gasteiger partial charge in [0.1, 0.15) is 18.2 Å². The molecule has 0 aliphatic carbocycles. The lowest BCUT2D eigenvalue weighted by atomic mass is 10.1. The Labute approximate surface area is 115 Å². The molecule has 0 spiro atoms. The smallest absolute Gasteiger partial charge is 0.354 e. The zero-order valence-electron chi connectivity index (χ0n) is 10.9. The minimum Gasteiger partial charge on any atom is -0.485 e. The van der Waals surface area contributed by atoms with Crippen molar-refractivity contribution in [2.45, 2.75) is 20.0 Å². The highest BCUT2D eigenvalue weighted by Gasteiger charge is 2.09. The average Bonchev–Trinajstić information content (AvgIpc) is 2.44. The Morgan fingerprint density at radius 3 is 2.85 bits per heavy atom. The number of nitrogens with one attached hydrogen (secondary N) is 1. The van der Waals surface area contributed by atoms with Crippen molar-refractivity contribution in [3.63, 3.8) is 0 Å². The van der Waals surface area contributed by atoms with Gasteiger partial charge in [-0.1, -0.05) is 25.1 Å². The number of carbonyl (C=O) groups is 1. The molecule has 6 heteroatoms. The Kier molecular flexibility index (Phi) is 4.14. The summed E-state index contributed by atoms with van der Waals surface area (Å²) in [7, 11) is 0. The molecule has 0 unspecified atom stereocenters. The quantitative estimate of drug-likeness (QED) is 0.864. The topological polar surface area (TPSA) is 92.3 Å². The number of aromatic carboxylic acids is 1. The Hall–Kier alpha value is -2.63. The number of nitrogens with zero attached hydrogens (tertiary/aromatic N) is 1. The summed E-state index contributed by atoms with van der Waals surface area (Å²) < 4.78 is 5.58. The van der Waals surface area contributed by atoms with Gasteiger partial charge in [0.15, 0.2) is 5.69 Å². The van der Waals surface area contributed by atoms with Crippen LogP contribution in [0.1, 0.15) is 28.8 Å². The van der Waals surface area contributed by atoms with Crippen molar-refractivity contribution < 1.29 is 14.6 Å². The lowest BCUT2D eigenvalue weighted by Crippen LogP contribution is -2.17. The van der Waals surface area contributed by atoms with Crippen molar-refractivity contribution in [1.82, 2.24) is 9.97 Å². The maximum absolute atomic E-state index is 11.3. The third-order valence-electron chi connectivity index (χ3n) is 2.73. The summed E-state index contributed by atoms with van der Waals surface area (Å²) in [5.41, 5.74) is 0.222. The molecule has 1 aromatic carbocycles. The second-order valence-electron chi connectivity index (χ2n) is 4.13. The van der Waals surface area contributed by atoms with Crippen molar-refractivity contribution in [2.75, 3.05) is 0 Å². The Morgan fingerprint density at radius 2 is 2.15 bits per heavy atom. The summed E-state index contributed by atoms with van der Waals surface area (Å²) in [6.07, 6.45) is 0.815. The fourth-order valence-electron chi connectivity index (χ4n) is 1.77. The van der Waals surface area contributed by atoms with E-state index in [1.807, 2.05) is 31.2 Å². The number of carboxylic acid groups (broad SMARTS) is 1. The molecule has 2 N–H and O–H groups in total. The van der Waals surface area contributed by atoms with Gasteiger partial charge < -0.3 is 14.8 Å². The Bertz CT molecular complexity index is 679. The van der Waals surface area contributed by atoms with E-state index < -0.39 is 11.5 Å². The monoisotopic (exact) mass is 274 g/mol. The number of ether oxygens (including phenoxy) is 1. The summed E-state index contributed by atoms with van der Waals surface area (Å²) in [5.74, 6) is -0.370. The standard InChI is InChI=1S/C14H14N2O4/c1-2-9-5-3-4-6-11(9)20-8-12-15-10(14(18)19)7-13(17)16-12/h3-7H,2,8H2,1H3,(H,18,19)(H,15,16,17). The number of hydrogen-bond donors (Lipinski definition) is 2. The highest BCUT2D eigenvalue weighted by Crippen LogP contribution is 2.18. The number of para-hydroxylation sites is 1. The zero-order valence-corrected chi connectivity index (χ0v) is 10.9. The predicted molar refractivity (Wildman–Crippen MR) is 72.0 cm³/mol. The van der Waals surface area contributed by atoms with Crippen LogP contribution in [0.5, 0.6) is 5.75 Å². The molecule has 0 atom stereocenters. The molecule has 1 aromatic heterocycles. The van der Waals surface area contributed by atoms with E-state index >= 15 is 0 Å². The van der Waals surface area contributed by atoms with Crippen LogP contribution in [0.15, 0.2) is 35.1 Å². The SMILES string of the molecule is CCc1ccccc1OCc1nc(C(=O)O)cc(=O)[nH]1. The van der Waals surface area contributed by atoms with Crippen LogP contribution < -0.4 is 10.3 Å². The molecule has 1 heterocycles. The first-order chi connectivity index (χ1) is 9.60. The molecule has 0 aliphatic rings. The molecular weight excluding hydrogens is 260 g/mol.